The van der Waals surface area contributed by atoms with Crippen molar-refractivity contribution < 1.29 is 57.2 Å². The van der Waals surface area contributed by atoms with Gasteiger partial charge in [-0.1, -0.05) is 85.6 Å². The number of aryl methyl sites for hydroxylation is 2. The fourth-order valence-electron chi connectivity index (χ4n) is 8.64. The normalized spacial score (nSPS) is 12.8. The van der Waals surface area contributed by atoms with Crippen LogP contribution in [0.25, 0.3) is 11.1 Å². The molecule has 0 spiro atoms. The highest BCUT2D eigenvalue weighted by Crippen LogP contribution is 2.57. The molecule has 0 aliphatic heterocycles. The van der Waals surface area contributed by atoms with Gasteiger partial charge in [0.15, 0.2) is 0 Å². The summed E-state index contributed by atoms with van der Waals surface area (Å²) in [6.45, 7) is 21.1. The van der Waals surface area contributed by atoms with Gasteiger partial charge in [0.1, 0.15) is 12.4 Å². The van der Waals surface area contributed by atoms with E-state index in [0.29, 0.717) is 132 Å². The molecule has 0 atom stereocenters. The Kier molecular flexibility index (Phi) is 26.1. The fraction of sp³-hybridized carbons (Fsp3) is 0.571. The number of aliphatic hydroxyl groups excluding tert-OH is 1. The molecule has 0 saturated heterocycles. The van der Waals surface area contributed by atoms with Gasteiger partial charge in [-0.15, -0.1) is 0 Å². The quantitative estimate of drug-likeness (QED) is 0.0398. The summed E-state index contributed by atoms with van der Waals surface area (Å²) in [7, 11) is 5.80. The van der Waals surface area contributed by atoms with Crippen molar-refractivity contribution in [2.45, 2.75) is 46.3 Å². The van der Waals surface area contributed by atoms with E-state index in [9.17, 15) is 0 Å². The van der Waals surface area contributed by atoms with Crippen molar-refractivity contribution in [3.8, 4) is 16.9 Å². The van der Waals surface area contributed by atoms with E-state index in [1.54, 1.807) is 7.11 Å². The molecule has 388 valence electrons. The van der Waals surface area contributed by atoms with Crippen LogP contribution in [-0.4, -0.2) is 176 Å². The Morgan fingerprint density at radius 1 is 0.471 bits per heavy atom. The summed E-state index contributed by atoms with van der Waals surface area (Å²) < 4.78 is 62.4. The second-order valence-electron chi connectivity index (χ2n) is 17.4. The van der Waals surface area contributed by atoms with E-state index in [1.165, 1.54) is 55.6 Å². The number of hydrogen-bond acceptors (Lipinski definition) is 14. The molecule has 5 rings (SSSR count). The number of rotatable bonds is 39. The van der Waals surface area contributed by atoms with Crippen LogP contribution >= 0.6 is 0 Å². The zero-order valence-electron chi connectivity index (χ0n) is 43.2. The lowest BCUT2D eigenvalue weighted by molar-refractivity contribution is -0.0145. The topological polar surface area (TPSA) is 128 Å². The van der Waals surface area contributed by atoms with E-state index in [1.807, 2.05) is 0 Å². The summed E-state index contributed by atoms with van der Waals surface area (Å²) in [6.07, 6.45) is 0. The predicted octanol–water partition coefficient (Wildman–Crippen LogP) is 7.24. The number of hydrogen-bond donors (Lipinski definition) is 1. The van der Waals surface area contributed by atoms with Crippen LogP contribution in [0.15, 0.2) is 72.8 Å². The molecule has 0 bridgehead atoms. The molecule has 4 aromatic rings. The van der Waals surface area contributed by atoms with Crippen molar-refractivity contribution in [1.29, 1.82) is 0 Å². The maximum absolute atomic E-state index is 8.78. The molecule has 14 heteroatoms. The molecule has 14 nitrogen and oxygen atoms in total. The SMILES string of the molecule is CCN(CC)Cc1cc(C2(c3ccc(OCCOCCOCCOCCOCCOC)c(N(C)C)c3)c3cc(C)ccc3-c3ccc(C)cc32)ccc1COCCOCCOCCOCCOCCO. The molecule has 0 aromatic heterocycles. The van der Waals surface area contributed by atoms with Crippen LogP contribution in [-0.2, 0) is 65.9 Å². The number of methoxy groups -OCH3 is 1. The molecule has 0 amide bonds. The first kappa shape index (κ1) is 56.9. The lowest BCUT2D eigenvalue weighted by Gasteiger charge is -2.36. The second kappa shape index (κ2) is 32.2. The van der Waals surface area contributed by atoms with Crippen molar-refractivity contribution in [2.24, 2.45) is 0 Å². The molecule has 0 fully saturated rings. The second-order valence-corrected chi connectivity index (χ2v) is 17.4. The lowest BCUT2D eigenvalue weighted by atomic mass is 9.66. The van der Waals surface area contributed by atoms with E-state index in [2.05, 4.69) is 124 Å². The molecule has 0 heterocycles. The van der Waals surface area contributed by atoms with Crippen LogP contribution in [0.2, 0.25) is 0 Å². The monoisotopic (exact) mass is 975 g/mol. The highest BCUT2D eigenvalue weighted by atomic mass is 16.6. The fourth-order valence-corrected chi connectivity index (χ4v) is 8.64. The van der Waals surface area contributed by atoms with Gasteiger partial charge in [0.2, 0.25) is 0 Å². The van der Waals surface area contributed by atoms with Gasteiger partial charge in [0, 0.05) is 27.7 Å². The number of anilines is 1. The van der Waals surface area contributed by atoms with Crippen LogP contribution < -0.4 is 9.64 Å². The zero-order chi connectivity index (χ0) is 49.8. The van der Waals surface area contributed by atoms with E-state index in [-0.39, 0.29) is 6.61 Å². The van der Waals surface area contributed by atoms with Crippen molar-refractivity contribution in [3.63, 3.8) is 0 Å². The van der Waals surface area contributed by atoms with Gasteiger partial charge in [-0.3, -0.25) is 4.90 Å². The highest BCUT2D eigenvalue weighted by Gasteiger charge is 2.47. The van der Waals surface area contributed by atoms with E-state index in [4.69, 9.17) is 57.2 Å². The number of aliphatic hydroxyl groups is 1. The van der Waals surface area contributed by atoms with Crippen LogP contribution in [0.5, 0.6) is 5.75 Å². The summed E-state index contributed by atoms with van der Waals surface area (Å²) in [4.78, 5) is 4.60. The standard InChI is InChI=1S/C56H82N2O12/c1-8-58(9-2)42-47-40-48(13-12-46(47)43-69-35-34-67-31-30-65-27-26-63-23-22-61-19-18-59)56(52-38-44(3)10-15-50(52)51-16-11-45(4)39-53(51)56)49-14-17-55(54(41-49)57(5)6)70-37-36-68-33-32-66-29-28-64-25-24-62-21-20-60-7/h10-17,38-41,59H,8-9,18-37,42-43H2,1-7H3. The van der Waals surface area contributed by atoms with Crippen molar-refractivity contribution >= 4 is 5.69 Å². The molecule has 70 heavy (non-hydrogen) atoms. The molecule has 4 aromatic carbocycles. The van der Waals surface area contributed by atoms with Gasteiger partial charge in [-0.25, -0.2) is 0 Å². The third kappa shape index (κ3) is 17.1. The molecule has 1 aliphatic carbocycles. The molecule has 1 aliphatic rings. The van der Waals surface area contributed by atoms with Crippen molar-refractivity contribution in [2.75, 3.05) is 171 Å². The Morgan fingerprint density at radius 2 is 0.914 bits per heavy atom. The molecule has 1 N–H and O–H groups in total. The lowest BCUT2D eigenvalue weighted by Crippen LogP contribution is -2.30. The minimum absolute atomic E-state index is 0.0147. The number of benzene rings is 4. The van der Waals surface area contributed by atoms with Crippen LogP contribution in [0.4, 0.5) is 5.69 Å². The van der Waals surface area contributed by atoms with Gasteiger partial charge in [-0.2, -0.15) is 0 Å². The summed E-state index contributed by atoms with van der Waals surface area (Å²) in [5.74, 6) is 0.799. The Labute approximate surface area is 418 Å². The summed E-state index contributed by atoms with van der Waals surface area (Å²) >= 11 is 0. The Balaban J connectivity index is 1.30. The van der Waals surface area contributed by atoms with Gasteiger partial charge in [-0.05, 0) is 83.6 Å². The summed E-state index contributed by atoms with van der Waals surface area (Å²) in [5, 5.41) is 8.78. The third-order valence-electron chi connectivity index (χ3n) is 12.3. The van der Waals surface area contributed by atoms with Gasteiger partial charge >= 0.3 is 0 Å². The minimum Gasteiger partial charge on any atom is -0.489 e. The average molecular weight is 975 g/mol. The van der Waals surface area contributed by atoms with E-state index >= 15 is 0 Å². The highest BCUT2D eigenvalue weighted by molar-refractivity contribution is 5.87. The Morgan fingerprint density at radius 3 is 1.39 bits per heavy atom. The minimum atomic E-state index is -0.619. The molecule has 0 radical (unpaired) electrons. The van der Waals surface area contributed by atoms with E-state index < -0.39 is 5.41 Å². The first-order chi connectivity index (χ1) is 34.3. The largest absolute Gasteiger partial charge is 0.489 e. The summed E-state index contributed by atoms with van der Waals surface area (Å²) in [5.41, 5.74) is 12.7. The zero-order valence-corrected chi connectivity index (χ0v) is 43.2. The van der Waals surface area contributed by atoms with E-state index in [0.717, 1.165) is 31.1 Å². The van der Waals surface area contributed by atoms with Crippen LogP contribution in [0.3, 0.4) is 0 Å². The smallest absolute Gasteiger partial charge is 0.142 e. The molecule has 0 saturated carbocycles. The molecule has 0 unspecified atom stereocenters. The molecular formula is C56H82N2O12. The van der Waals surface area contributed by atoms with Crippen LogP contribution in [0.1, 0.15) is 58.4 Å². The number of ether oxygens (including phenoxy) is 11. The maximum Gasteiger partial charge on any atom is 0.142 e. The maximum atomic E-state index is 8.78. The Hall–Kier alpha value is -4.00. The first-order valence-corrected chi connectivity index (χ1v) is 25.1. The van der Waals surface area contributed by atoms with Crippen molar-refractivity contribution in [1.82, 2.24) is 4.90 Å². The van der Waals surface area contributed by atoms with Crippen molar-refractivity contribution in [3.05, 3.63) is 117 Å². The third-order valence-corrected chi connectivity index (χ3v) is 12.3. The summed E-state index contributed by atoms with van der Waals surface area (Å²) in [6, 6.07) is 27.6. The van der Waals surface area contributed by atoms with Gasteiger partial charge in [0.25, 0.3) is 0 Å². The predicted molar refractivity (Wildman–Crippen MR) is 275 cm³/mol. The Bertz CT molecular complexity index is 2030. The number of fused-ring (bicyclic) bond motifs is 3. The first-order valence-electron chi connectivity index (χ1n) is 25.1. The van der Waals surface area contributed by atoms with Gasteiger partial charge < -0.3 is 62.1 Å². The number of nitrogens with zero attached hydrogens (tertiary/aromatic N) is 2. The average Bonchev–Trinajstić information content (AvgIpc) is 3.64. The van der Waals surface area contributed by atoms with Gasteiger partial charge in [0.05, 0.1) is 143 Å². The van der Waals surface area contributed by atoms with Crippen LogP contribution in [0, 0.1) is 13.8 Å². The molecular weight excluding hydrogens is 893 g/mol.